The van der Waals surface area contributed by atoms with E-state index in [0.29, 0.717) is 24.5 Å². The number of hydrogen-bond donors (Lipinski definition) is 2. The molecule has 1 heterocycles. The van der Waals surface area contributed by atoms with Crippen LogP contribution in [0.3, 0.4) is 0 Å². The summed E-state index contributed by atoms with van der Waals surface area (Å²) in [5.74, 6) is 0.698. The van der Waals surface area contributed by atoms with Crippen molar-refractivity contribution in [3.63, 3.8) is 0 Å². The zero-order valence-electron chi connectivity index (χ0n) is 12.5. The molecule has 0 aromatic heterocycles. The second kappa shape index (κ2) is 7.11. The maximum atomic E-state index is 12.6. The SMILES string of the molecule is CNCC1CCCCN1S(=O)(=O)Nc1ccc(OC)cc1. The number of likely N-dealkylation sites (N-methyl/N-ethyl adjacent to an activating group) is 1. The van der Waals surface area contributed by atoms with Crippen LogP contribution in [0, 0.1) is 0 Å². The summed E-state index contributed by atoms with van der Waals surface area (Å²) in [5.41, 5.74) is 0.546. The van der Waals surface area contributed by atoms with Crippen molar-refractivity contribution < 1.29 is 13.2 Å². The molecule has 0 aliphatic carbocycles. The lowest BCUT2D eigenvalue weighted by Crippen LogP contribution is -2.49. The molecule has 1 unspecified atom stereocenters. The molecule has 0 bridgehead atoms. The second-order valence-electron chi connectivity index (χ2n) is 5.15. The maximum absolute atomic E-state index is 12.6. The Hall–Kier alpha value is -1.31. The zero-order valence-corrected chi connectivity index (χ0v) is 13.3. The van der Waals surface area contributed by atoms with Gasteiger partial charge in [0.05, 0.1) is 12.8 Å². The van der Waals surface area contributed by atoms with Crippen LogP contribution in [-0.2, 0) is 10.2 Å². The van der Waals surface area contributed by atoms with Gasteiger partial charge in [-0.3, -0.25) is 4.72 Å². The van der Waals surface area contributed by atoms with E-state index in [0.717, 1.165) is 19.3 Å². The van der Waals surface area contributed by atoms with Crippen molar-refractivity contribution in [2.75, 3.05) is 32.0 Å². The molecular weight excluding hydrogens is 290 g/mol. The van der Waals surface area contributed by atoms with Crippen LogP contribution in [-0.4, -0.2) is 46.0 Å². The van der Waals surface area contributed by atoms with Gasteiger partial charge in [0, 0.05) is 19.1 Å². The minimum absolute atomic E-state index is 0.0134. The summed E-state index contributed by atoms with van der Waals surface area (Å²) in [7, 11) is -0.103. The first-order valence-corrected chi connectivity index (χ1v) is 8.59. The van der Waals surface area contributed by atoms with Crippen molar-refractivity contribution >= 4 is 15.9 Å². The molecule has 1 fully saturated rings. The summed E-state index contributed by atoms with van der Waals surface area (Å²) in [5, 5.41) is 3.07. The van der Waals surface area contributed by atoms with Crippen LogP contribution in [0.2, 0.25) is 0 Å². The zero-order chi connectivity index (χ0) is 15.3. The predicted octanol–water partition coefficient (Wildman–Crippen LogP) is 1.43. The van der Waals surface area contributed by atoms with Gasteiger partial charge in [-0.15, -0.1) is 0 Å². The number of rotatable bonds is 6. The molecule has 6 nitrogen and oxygen atoms in total. The lowest BCUT2D eigenvalue weighted by Gasteiger charge is -2.34. The first-order chi connectivity index (χ1) is 10.1. The van der Waals surface area contributed by atoms with Crippen LogP contribution < -0.4 is 14.8 Å². The van der Waals surface area contributed by atoms with Gasteiger partial charge in [0.25, 0.3) is 0 Å². The average molecular weight is 313 g/mol. The topological polar surface area (TPSA) is 70.7 Å². The Balaban J connectivity index is 2.11. The number of nitrogens with zero attached hydrogens (tertiary/aromatic N) is 1. The lowest BCUT2D eigenvalue weighted by atomic mass is 10.1. The summed E-state index contributed by atoms with van der Waals surface area (Å²) >= 11 is 0. The van der Waals surface area contributed by atoms with E-state index in [2.05, 4.69) is 10.0 Å². The largest absolute Gasteiger partial charge is 0.497 e. The molecule has 1 aromatic carbocycles. The van der Waals surface area contributed by atoms with Crippen molar-refractivity contribution in [1.82, 2.24) is 9.62 Å². The summed E-state index contributed by atoms with van der Waals surface area (Å²) in [6.45, 7) is 1.24. The van der Waals surface area contributed by atoms with E-state index in [1.54, 1.807) is 35.7 Å². The van der Waals surface area contributed by atoms with Gasteiger partial charge in [0.2, 0.25) is 0 Å². The van der Waals surface area contributed by atoms with Crippen LogP contribution >= 0.6 is 0 Å². The van der Waals surface area contributed by atoms with E-state index in [1.807, 2.05) is 7.05 Å². The van der Waals surface area contributed by atoms with Crippen LogP contribution in [0.15, 0.2) is 24.3 Å². The van der Waals surface area contributed by atoms with Gasteiger partial charge in [-0.2, -0.15) is 12.7 Å². The molecule has 7 heteroatoms. The van der Waals surface area contributed by atoms with Crippen molar-refractivity contribution in [2.45, 2.75) is 25.3 Å². The molecule has 0 saturated carbocycles. The fourth-order valence-corrected chi connectivity index (χ4v) is 4.09. The highest BCUT2D eigenvalue weighted by atomic mass is 32.2. The van der Waals surface area contributed by atoms with Crippen LogP contribution in [0.4, 0.5) is 5.69 Å². The van der Waals surface area contributed by atoms with E-state index in [-0.39, 0.29) is 6.04 Å². The molecular formula is C14H23N3O3S. The van der Waals surface area contributed by atoms with Crippen molar-refractivity contribution in [1.29, 1.82) is 0 Å². The number of methoxy groups -OCH3 is 1. The van der Waals surface area contributed by atoms with E-state index in [4.69, 9.17) is 4.74 Å². The van der Waals surface area contributed by atoms with Crippen LogP contribution in [0.5, 0.6) is 5.75 Å². The molecule has 2 rings (SSSR count). The first kappa shape index (κ1) is 16.1. The van der Waals surface area contributed by atoms with Crippen LogP contribution in [0.1, 0.15) is 19.3 Å². The number of nitrogens with one attached hydrogen (secondary N) is 2. The van der Waals surface area contributed by atoms with Gasteiger partial charge >= 0.3 is 10.2 Å². The van der Waals surface area contributed by atoms with E-state index < -0.39 is 10.2 Å². The Morgan fingerprint density at radius 1 is 1.29 bits per heavy atom. The predicted molar refractivity (Wildman–Crippen MR) is 83.8 cm³/mol. The molecule has 0 radical (unpaired) electrons. The Labute approximate surface area is 126 Å². The van der Waals surface area contributed by atoms with E-state index in [9.17, 15) is 8.42 Å². The Morgan fingerprint density at radius 2 is 2.00 bits per heavy atom. The average Bonchev–Trinajstić information content (AvgIpc) is 2.48. The van der Waals surface area contributed by atoms with Gasteiger partial charge in [0.15, 0.2) is 0 Å². The highest BCUT2D eigenvalue weighted by Crippen LogP contribution is 2.22. The summed E-state index contributed by atoms with van der Waals surface area (Å²) < 4.78 is 34.4. The molecule has 2 N–H and O–H groups in total. The summed E-state index contributed by atoms with van der Waals surface area (Å²) in [4.78, 5) is 0. The van der Waals surface area contributed by atoms with E-state index in [1.165, 1.54) is 0 Å². The molecule has 0 spiro atoms. The van der Waals surface area contributed by atoms with Gasteiger partial charge in [-0.25, -0.2) is 0 Å². The van der Waals surface area contributed by atoms with Crippen molar-refractivity contribution in [2.24, 2.45) is 0 Å². The first-order valence-electron chi connectivity index (χ1n) is 7.15. The number of hydrogen-bond acceptors (Lipinski definition) is 4. The minimum Gasteiger partial charge on any atom is -0.497 e. The Morgan fingerprint density at radius 3 is 2.62 bits per heavy atom. The van der Waals surface area contributed by atoms with Crippen molar-refractivity contribution in [3.05, 3.63) is 24.3 Å². The second-order valence-corrected chi connectivity index (χ2v) is 6.78. The van der Waals surface area contributed by atoms with Gasteiger partial charge in [-0.1, -0.05) is 6.42 Å². The van der Waals surface area contributed by atoms with E-state index >= 15 is 0 Å². The fourth-order valence-electron chi connectivity index (χ4n) is 2.60. The Bertz CT molecular complexity index is 543. The molecule has 1 aliphatic rings. The summed E-state index contributed by atoms with van der Waals surface area (Å²) in [6, 6.07) is 6.89. The molecule has 1 aromatic rings. The number of anilines is 1. The standard InChI is InChI=1S/C14H23N3O3S/c1-15-11-13-5-3-4-10-17(13)21(18,19)16-12-6-8-14(20-2)9-7-12/h6-9,13,15-16H,3-5,10-11H2,1-2H3. The number of benzene rings is 1. The van der Waals surface area contributed by atoms with Crippen LogP contribution in [0.25, 0.3) is 0 Å². The molecule has 1 saturated heterocycles. The molecule has 118 valence electrons. The van der Waals surface area contributed by atoms with Gasteiger partial charge in [-0.05, 0) is 44.2 Å². The minimum atomic E-state index is -3.52. The maximum Gasteiger partial charge on any atom is 0.301 e. The quantitative estimate of drug-likeness (QED) is 0.833. The molecule has 1 aliphatic heterocycles. The highest BCUT2D eigenvalue weighted by Gasteiger charge is 2.31. The smallest absolute Gasteiger partial charge is 0.301 e. The molecule has 21 heavy (non-hydrogen) atoms. The third-order valence-electron chi connectivity index (χ3n) is 3.66. The summed E-state index contributed by atoms with van der Waals surface area (Å²) in [6.07, 6.45) is 2.87. The molecule has 0 amide bonds. The number of piperidine rings is 1. The monoisotopic (exact) mass is 313 g/mol. The normalized spacial score (nSPS) is 20.2. The third-order valence-corrected chi connectivity index (χ3v) is 5.25. The Kier molecular flexibility index (Phi) is 5.44. The lowest BCUT2D eigenvalue weighted by molar-refractivity contribution is 0.250. The molecule has 1 atom stereocenters. The van der Waals surface area contributed by atoms with Crippen molar-refractivity contribution in [3.8, 4) is 5.75 Å². The number of ether oxygens (including phenoxy) is 1. The van der Waals surface area contributed by atoms with Gasteiger partial charge < -0.3 is 10.1 Å². The fraction of sp³-hybridized carbons (Fsp3) is 0.571. The van der Waals surface area contributed by atoms with Gasteiger partial charge in [0.1, 0.15) is 5.75 Å². The third kappa shape index (κ3) is 4.09. The highest BCUT2D eigenvalue weighted by molar-refractivity contribution is 7.90.